The minimum absolute atomic E-state index is 0.405. The summed E-state index contributed by atoms with van der Waals surface area (Å²) < 4.78 is 6.17. The number of benzene rings is 4. The standard InChI is InChI=1S/C26H22ClNO/c1-18-11-13-25(19(2)15-18)28-16-23-22-9-5-3-7-20(22)12-14-26(23)29-17-21-8-4-6-10-24(21)27/h3-16H,17H2,1-2H3. The Labute approximate surface area is 176 Å². The maximum Gasteiger partial charge on any atom is 0.129 e. The third-order valence-electron chi connectivity index (χ3n) is 4.96. The van der Waals surface area contributed by atoms with Gasteiger partial charge in [0, 0.05) is 22.4 Å². The maximum atomic E-state index is 6.29. The van der Waals surface area contributed by atoms with Crippen LogP contribution in [0.25, 0.3) is 10.8 Å². The molecule has 0 heterocycles. The smallest absolute Gasteiger partial charge is 0.129 e. The fraction of sp³-hybridized carbons (Fsp3) is 0.115. The number of fused-ring (bicyclic) bond motifs is 1. The van der Waals surface area contributed by atoms with E-state index in [2.05, 4.69) is 50.2 Å². The Morgan fingerprint density at radius 2 is 1.69 bits per heavy atom. The van der Waals surface area contributed by atoms with Crippen LogP contribution in [-0.4, -0.2) is 6.21 Å². The molecule has 3 heteroatoms. The normalized spacial score (nSPS) is 11.3. The van der Waals surface area contributed by atoms with Crippen molar-refractivity contribution in [3.05, 3.63) is 106 Å². The average Bonchev–Trinajstić information content (AvgIpc) is 2.73. The average molecular weight is 400 g/mol. The first-order valence-corrected chi connectivity index (χ1v) is 9.99. The summed E-state index contributed by atoms with van der Waals surface area (Å²) in [5.41, 5.74) is 5.27. The van der Waals surface area contributed by atoms with Gasteiger partial charge in [-0.05, 0) is 48.4 Å². The lowest BCUT2D eigenvalue weighted by atomic mass is 10.0. The van der Waals surface area contributed by atoms with E-state index in [0.29, 0.717) is 11.6 Å². The Morgan fingerprint density at radius 1 is 0.897 bits per heavy atom. The molecule has 0 aromatic heterocycles. The summed E-state index contributed by atoms with van der Waals surface area (Å²) >= 11 is 6.29. The first kappa shape index (κ1) is 19.2. The van der Waals surface area contributed by atoms with Gasteiger partial charge in [-0.1, -0.05) is 77.8 Å². The lowest BCUT2D eigenvalue weighted by Crippen LogP contribution is -2.00. The topological polar surface area (TPSA) is 21.6 Å². The van der Waals surface area contributed by atoms with Gasteiger partial charge < -0.3 is 4.74 Å². The summed E-state index contributed by atoms with van der Waals surface area (Å²) in [7, 11) is 0. The van der Waals surface area contributed by atoms with Crippen LogP contribution >= 0.6 is 11.6 Å². The van der Waals surface area contributed by atoms with E-state index in [1.165, 1.54) is 5.56 Å². The second-order valence-electron chi connectivity index (χ2n) is 7.13. The molecule has 0 aliphatic heterocycles. The van der Waals surface area contributed by atoms with Crippen molar-refractivity contribution in [2.24, 2.45) is 4.99 Å². The molecule has 4 aromatic rings. The maximum absolute atomic E-state index is 6.29. The van der Waals surface area contributed by atoms with E-state index in [-0.39, 0.29) is 0 Å². The van der Waals surface area contributed by atoms with Crippen LogP contribution < -0.4 is 4.74 Å². The van der Waals surface area contributed by atoms with Gasteiger partial charge in [-0.25, -0.2) is 0 Å². The second kappa shape index (κ2) is 8.50. The summed E-state index contributed by atoms with van der Waals surface area (Å²) in [4.78, 5) is 4.77. The van der Waals surface area contributed by atoms with Crippen LogP contribution in [0, 0.1) is 13.8 Å². The Morgan fingerprint density at radius 3 is 2.52 bits per heavy atom. The highest BCUT2D eigenvalue weighted by atomic mass is 35.5. The van der Waals surface area contributed by atoms with Gasteiger partial charge in [-0.15, -0.1) is 0 Å². The summed E-state index contributed by atoms with van der Waals surface area (Å²) in [6, 6.07) is 26.4. The zero-order valence-corrected chi connectivity index (χ0v) is 17.3. The number of aliphatic imine (C=N–C) groups is 1. The van der Waals surface area contributed by atoms with E-state index in [0.717, 1.165) is 38.9 Å². The van der Waals surface area contributed by atoms with Gasteiger partial charge >= 0.3 is 0 Å². The van der Waals surface area contributed by atoms with Gasteiger partial charge in [-0.3, -0.25) is 4.99 Å². The number of hydrogen-bond donors (Lipinski definition) is 0. The van der Waals surface area contributed by atoms with Crippen LogP contribution in [-0.2, 0) is 6.61 Å². The largest absolute Gasteiger partial charge is 0.488 e. The number of rotatable bonds is 5. The van der Waals surface area contributed by atoms with Crippen molar-refractivity contribution in [3.8, 4) is 5.75 Å². The van der Waals surface area contributed by atoms with Crippen LogP contribution in [0.1, 0.15) is 22.3 Å². The number of ether oxygens (including phenoxy) is 1. The first-order chi connectivity index (χ1) is 14.1. The molecule has 2 nitrogen and oxygen atoms in total. The molecule has 0 spiro atoms. The SMILES string of the molecule is Cc1ccc(N=Cc2c(OCc3ccccc3Cl)ccc3ccccc23)c(C)c1. The Bertz CT molecular complexity index is 1200. The lowest BCUT2D eigenvalue weighted by molar-refractivity contribution is 0.306. The van der Waals surface area contributed by atoms with Crippen molar-refractivity contribution in [2.75, 3.05) is 0 Å². The van der Waals surface area contributed by atoms with E-state index in [9.17, 15) is 0 Å². The molecule has 0 unspecified atom stereocenters. The molecule has 0 N–H and O–H groups in total. The molecular formula is C26H22ClNO. The molecule has 0 bridgehead atoms. The van der Waals surface area contributed by atoms with Crippen LogP contribution in [0.4, 0.5) is 5.69 Å². The molecule has 4 rings (SSSR count). The van der Waals surface area contributed by atoms with E-state index < -0.39 is 0 Å². The molecule has 4 aromatic carbocycles. The predicted octanol–water partition coefficient (Wildman–Crippen LogP) is 7.44. The van der Waals surface area contributed by atoms with Crippen LogP contribution in [0.15, 0.2) is 83.9 Å². The monoisotopic (exact) mass is 399 g/mol. The molecule has 0 atom stereocenters. The molecule has 0 saturated carbocycles. The van der Waals surface area contributed by atoms with Crippen molar-refractivity contribution < 1.29 is 4.74 Å². The second-order valence-corrected chi connectivity index (χ2v) is 7.53. The molecule has 0 aliphatic rings. The van der Waals surface area contributed by atoms with Crippen molar-refractivity contribution in [1.29, 1.82) is 0 Å². The predicted molar refractivity (Wildman–Crippen MR) is 123 cm³/mol. The fourth-order valence-corrected chi connectivity index (χ4v) is 3.58. The summed E-state index contributed by atoms with van der Waals surface area (Å²) in [6.45, 7) is 4.58. The highest BCUT2D eigenvalue weighted by Gasteiger charge is 2.09. The van der Waals surface area contributed by atoms with Gasteiger partial charge in [0.25, 0.3) is 0 Å². The van der Waals surface area contributed by atoms with E-state index in [1.54, 1.807) is 0 Å². The van der Waals surface area contributed by atoms with Crippen LogP contribution in [0.5, 0.6) is 5.75 Å². The molecule has 0 aliphatic carbocycles. The molecule has 0 fully saturated rings. The van der Waals surface area contributed by atoms with E-state index >= 15 is 0 Å². The lowest BCUT2D eigenvalue weighted by Gasteiger charge is -2.13. The van der Waals surface area contributed by atoms with Gasteiger partial charge in [0.15, 0.2) is 0 Å². The van der Waals surface area contributed by atoms with Crippen LogP contribution in [0.3, 0.4) is 0 Å². The number of halogens is 1. The molecule has 29 heavy (non-hydrogen) atoms. The first-order valence-electron chi connectivity index (χ1n) is 9.61. The van der Waals surface area contributed by atoms with Gasteiger partial charge in [0.05, 0.1) is 5.69 Å². The molecular weight excluding hydrogens is 378 g/mol. The third kappa shape index (κ3) is 4.33. The fourth-order valence-electron chi connectivity index (χ4n) is 3.39. The summed E-state index contributed by atoms with van der Waals surface area (Å²) in [6.07, 6.45) is 1.90. The molecule has 0 amide bonds. The molecule has 0 radical (unpaired) electrons. The summed E-state index contributed by atoms with van der Waals surface area (Å²) in [5.74, 6) is 0.789. The van der Waals surface area contributed by atoms with Gasteiger partial charge in [-0.2, -0.15) is 0 Å². The van der Waals surface area contributed by atoms with E-state index in [4.69, 9.17) is 21.3 Å². The van der Waals surface area contributed by atoms with Crippen molar-refractivity contribution in [2.45, 2.75) is 20.5 Å². The minimum Gasteiger partial charge on any atom is -0.488 e. The quantitative estimate of drug-likeness (QED) is 0.319. The zero-order chi connectivity index (χ0) is 20.2. The van der Waals surface area contributed by atoms with Crippen LogP contribution in [0.2, 0.25) is 5.02 Å². The Hall–Kier alpha value is -3.10. The van der Waals surface area contributed by atoms with Crippen molar-refractivity contribution >= 4 is 34.3 Å². The van der Waals surface area contributed by atoms with Gasteiger partial charge in [0.1, 0.15) is 12.4 Å². The molecule has 144 valence electrons. The zero-order valence-electron chi connectivity index (χ0n) is 16.5. The number of hydrogen-bond acceptors (Lipinski definition) is 2. The van der Waals surface area contributed by atoms with Crippen molar-refractivity contribution in [3.63, 3.8) is 0 Å². The molecule has 0 saturated heterocycles. The third-order valence-corrected chi connectivity index (χ3v) is 5.33. The summed E-state index contributed by atoms with van der Waals surface area (Å²) in [5, 5.41) is 2.97. The van der Waals surface area contributed by atoms with Crippen molar-refractivity contribution in [1.82, 2.24) is 0 Å². The highest BCUT2D eigenvalue weighted by molar-refractivity contribution is 6.31. The van der Waals surface area contributed by atoms with Gasteiger partial charge in [0.2, 0.25) is 0 Å². The highest BCUT2D eigenvalue weighted by Crippen LogP contribution is 2.29. The minimum atomic E-state index is 0.405. The van der Waals surface area contributed by atoms with E-state index in [1.807, 2.05) is 48.7 Å². The number of aryl methyl sites for hydroxylation is 2. The Balaban J connectivity index is 1.72. The number of nitrogens with zero attached hydrogens (tertiary/aromatic N) is 1. The Kier molecular flexibility index (Phi) is 5.64.